The van der Waals surface area contributed by atoms with Gasteiger partial charge in [0.1, 0.15) is 12.2 Å². The number of para-hydroxylation sites is 4. The highest BCUT2D eigenvalue weighted by Crippen LogP contribution is 2.34. The van der Waals surface area contributed by atoms with Gasteiger partial charge in [0.2, 0.25) is 12.6 Å². The Morgan fingerprint density at radius 1 is 0.667 bits per heavy atom. The van der Waals surface area contributed by atoms with E-state index in [0.717, 1.165) is 0 Å². The van der Waals surface area contributed by atoms with Gasteiger partial charge in [-0.1, -0.05) is 24.3 Å². The maximum Gasteiger partial charge on any atom is 0.229 e. The molecule has 0 bridgehead atoms. The molecular weight excluding hydrogens is 352 g/mol. The largest absolute Gasteiger partial charge is 0.493 e. The molecule has 0 N–H and O–H groups in total. The lowest BCUT2D eigenvalue weighted by molar-refractivity contribution is 0.101. The van der Waals surface area contributed by atoms with Gasteiger partial charge in [0, 0.05) is 0 Å². The summed E-state index contributed by atoms with van der Waals surface area (Å²) in [5.41, 5.74) is 0. The average Bonchev–Trinajstić information content (AvgIpc) is 3.62. The van der Waals surface area contributed by atoms with Crippen LogP contribution in [-0.4, -0.2) is 52.2 Å². The van der Waals surface area contributed by atoms with Crippen LogP contribution in [0.2, 0.25) is 0 Å². The summed E-state index contributed by atoms with van der Waals surface area (Å²) in [5.74, 6) is 2.66. The Kier molecular flexibility index (Phi) is 5.33. The first kappa shape index (κ1) is 17.9. The maximum absolute atomic E-state index is 5.76. The molecule has 0 amide bonds. The minimum atomic E-state index is -0.318. The van der Waals surface area contributed by atoms with Crippen molar-refractivity contribution in [2.75, 3.05) is 27.4 Å². The summed E-state index contributed by atoms with van der Waals surface area (Å²) in [5, 5.41) is 0. The molecule has 0 aromatic heterocycles. The van der Waals surface area contributed by atoms with E-state index in [1.165, 1.54) is 0 Å². The van der Waals surface area contributed by atoms with Crippen LogP contribution in [0.15, 0.2) is 48.5 Å². The molecule has 27 heavy (non-hydrogen) atoms. The van der Waals surface area contributed by atoms with E-state index < -0.39 is 0 Å². The minimum absolute atomic E-state index is 0.0951. The van der Waals surface area contributed by atoms with Gasteiger partial charge in [0.25, 0.3) is 0 Å². The molecule has 2 fully saturated rings. The average molecular weight is 374 g/mol. The van der Waals surface area contributed by atoms with Crippen LogP contribution in [0.1, 0.15) is 0 Å². The van der Waals surface area contributed by atoms with Gasteiger partial charge in [-0.15, -0.1) is 0 Å². The number of ether oxygens (including phenoxy) is 7. The van der Waals surface area contributed by atoms with E-state index in [4.69, 9.17) is 33.2 Å². The van der Waals surface area contributed by atoms with Crippen molar-refractivity contribution in [1.29, 1.82) is 0 Å². The van der Waals surface area contributed by atoms with Crippen LogP contribution in [0.3, 0.4) is 0 Å². The number of epoxide rings is 2. The van der Waals surface area contributed by atoms with E-state index in [2.05, 4.69) is 0 Å². The Morgan fingerprint density at radius 3 is 1.48 bits per heavy atom. The zero-order valence-electron chi connectivity index (χ0n) is 15.2. The molecule has 4 atom stereocenters. The number of hydrogen-bond acceptors (Lipinski definition) is 7. The summed E-state index contributed by atoms with van der Waals surface area (Å²) < 4.78 is 38.7. The Hall–Kier alpha value is -2.48. The smallest absolute Gasteiger partial charge is 0.229 e. The molecule has 0 aliphatic carbocycles. The second-order valence-electron chi connectivity index (χ2n) is 6.16. The molecule has 2 aromatic rings. The van der Waals surface area contributed by atoms with Crippen LogP contribution in [0.4, 0.5) is 0 Å². The van der Waals surface area contributed by atoms with E-state index >= 15 is 0 Å². The standard InChI is InChI=1S/C20H22O7/c1-21-13-7-3-5-9-15(13)24-19-17(26-19)11-23-12-18-20(27-18)25-16-10-6-4-8-14(16)22-2/h3-10,17-20H,11-12H2,1-2H3/t17-,18+,19-,20+. The van der Waals surface area contributed by atoms with Gasteiger partial charge in [-0.25, -0.2) is 0 Å². The lowest BCUT2D eigenvalue weighted by atomic mass is 10.3. The first-order chi connectivity index (χ1) is 13.3. The Bertz CT molecular complexity index is 702. The van der Waals surface area contributed by atoms with Gasteiger partial charge < -0.3 is 33.2 Å². The first-order valence-electron chi connectivity index (χ1n) is 8.76. The number of rotatable bonds is 10. The van der Waals surface area contributed by atoms with Crippen LogP contribution in [-0.2, 0) is 14.2 Å². The fourth-order valence-corrected chi connectivity index (χ4v) is 2.68. The second-order valence-corrected chi connectivity index (χ2v) is 6.16. The van der Waals surface area contributed by atoms with Crippen LogP contribution < -0.4 is 18.9 Å². The minimum Gasteiger partial charge on any atom is -0.493 e. The molecule has 2 aliphatic heterocycles. The summed E-state index contributed by atoms with van der Waals surface area (Å²) >= 11 is 0. The Morgan fingerprint density at radius 2 is 1.07 bits per heavy atom. The second kappa shape index (κ2) is 8.04. The summed E-state index contributed by atoms with van der Waals surface area (Å²) in [7, 11) is 3.21. The van der Waals surface area contributed by atoms with Crippen LogP contribution >= 0.6 is 0 Å². The third-order valence-electron chi connectivity index (χ3n) is 4.26. The van der Waals surface area contributed by atoms with Crippen molar-refractivity contribution in [2.24, 2.45) is 0 Å². The lowest BCUT2D eigenvalue weighted by Gasteiger charge is -2.08. The molecule has 0 saturated carbocycles. The van der Waals surface area contributed by atoms with Gasteiger partial charge in [-0.2, -0.15) is 0 Å². The van der Waals surface area contributed by atoms with Gasteiger partial charge >= 0.3 is 0 Å². The summed E-state index contributed by atoms with van der Waals surface area (Å²) in [4.78, 5) is 0. The highest BCUT2D eigenvalue weighted by molar-refractivity contribution is 5.40. The molecule has 2 heterocycles. The lowest BCUT2D eigenvalue weighted by Crippen LogP contribution is -2.14. The number of hydrogen-bond donors (Lipinski definition) is 0. The SMILES string of the molecule is COc1ccccc1O[C@H]1O[C@H]1COC[C@H]1O[C@H]1Oc1ccccc1OC. The van der Waals surface area contributed by atoms with Gasteiger partial charge in [-0.3, -0.25) is 0 Å². The molecular formula is C20H22O7. The highest BCUT2D eigenvalue weighted by atomic mass is 16.8. The highest BCUT2D eigenvalue weighted by Gasteiger charge is 2.45. The first-order valence-corrected chi connectivity index (χ1v) is 8.76. The zero-order valence-corrected chi connectivity index (χ0v) is 15.2. The molecule has 144 valence electrons. The normalized spacial score (nSPS) is 25.6. The zero-order chi connectivity index (χ0) is 18.6. The topological polar surface area (TPSA) is 71.2 Å². The molecule has 7 nitrogen and oxygen atoms in total. The van der Waals surface area contributed by atoms with E-state index in [1.54, 1.807) is 14.2 Å². The monoisotopic (exact) mass is 374 g/mol. The molecule has 0 spiro atoms. The predicted molar refractivity (Wildman–Crippen MR) is 95.4 cm³/mol. The van der Waals surface area contributed by atoms with Crippen molar-refractivity contribution in [2.45, 2.75) is 24.8 Å². The quantitative estimate of drug-likeness (QED) is 0.592. The van der Waals surface area contributed by atoms with Gasteiger partial charge in [0.15, 0.2) is 23.0 Å². The molecule has 0 unspecified atom stereocenters. The molecule has 2 saturated heterocycles. The van der Waals surface area contributed by atoms with Gasteiger partial charge in [0.05, 0.1) is 27.4 Å². The van der Waals surface area contributed by atoms with Crippen molar-refractivity contribution in [1.82, 2.24) is 0 Å². The summed E-state index contributed by atoms with van der Waals surface area (Å²) in [6, 6.07) is 14.9. The molecule has 2 aromatic carbocycles. The Labute approximate surface area is 157 Å². The third kappa shape index (κ3) is 4.44. The molecule has 7 heteroatoms. The van der Waals surface area contributed by atoms with Crippen LogP contribution in [0.25, 0.3) is 0 Å². The van der Waals surface area contributed by atoms with Crippen molar-refractivity contribution in [3.8, 4) is 23.0 Å². The van der Waals surface area contributed by atoms with Crippen molar-refractivity contribution in [3.63, 3.8) is 0 Å². The summed E-state index contributed by atoms with van der Waals surface area (Å²) in [6.07, 6.45) is -0.825. The fourth-order valence-electron chi connectivity index (χ4n) is 2.68. The fraction of sp³-hybridized carbons (Fsp3) is 0.400. The molecule has 0 radical (unpaired) electrons. The van der Waals surface area contributed by atoms with E-state index in [1.807, 2.05) is 48.5 Å². The van der Waals surface area contributed by atoms with E-state index in [0.29, 0.717) is 36.2 Å². The molecule has 4 rings (SSSR count). The number of benzene rings is 2. The number of methoxy groups -OCH3 is 2. The van der Waals surface area contributed by atoms with Crippen molar-refractivity contribution >= 4 is 0 Å². The third-order valence-corrected chi connectivity index (χ3v) is 4.26. The molecule has 2 aliphatic rings. The maximum atomic E-state index is 5.76. The van der Waals surface area contributed by atoms with Gasteiger partial charge in [-0.05, 0) is 24.3 Å². The van der Waals surface area contributed by atoms with Crippen molar-refractivity contribution in [3.05, 3.63) is 48.5 Å². The van der Waals surface area contributed by atoms with Crippen LogP contribution in [0, 0.1) is 0 Å². The van der Waals surface area contributed by atoms with E-state index in [9.17, 15) is 0 Å². The van der Waals surface area contributed by atoms with E-state index in [-0.39, 0.29) is 24.8 Å². The predicted octanol–water partition coefficient (Wildman–Crippen LogP) is 2.63. The van der Waals surface area contributed by atoms with Crippen LogP contribution in [0.5, 0.6) is 23.0 Å². The Balaban J connectivity index is 1.15. The van der Waals surface area contributed by atoms with Crippen molar-refractivity contribution < 1.29 is 33.2 Å². The summed E-state index contributed by atoms with van der Waals surface area (Å²) in [6.45, 7) is 0.863.